The first-order chi connectivity index (χ1) is 11.2. The highest BCUT2D eigenvalue weighted by Crippen LogP contribution is 2.18. The molecule has 1 aromatic carbocycles. The Morgan fingerprint density at radius 3 is 3.04 bits per heavy atom. The molecule has 0 spiro atoms. The van der Waals surface area contributed by atoms with Gasteiger partial charge in [-0.05, 0) is 25.1 Å². The fraction of sp³-hybridized carbons (Fsp3) is 0.333. The van der Waals surface area contributed by atoms with Gasteiger partial charge in [-0.15, -0.1) is 10.2 Å². The van der Waals surface area contributed by atoms with Crippen molar-refractivity contribution in [1.29, 1.82) is 0 Å². The first-order valence-corrected chi connectivity index (χ1v) is 7.50. The highest BCUT2D eigenvalue weighted by molar-refractivity contribution is 5.92. The van der Waals surface area contributed by atoms with E-state index in [0.717, 1.165) is 29.0 Å². The van der Waals surface area contributed by atoms with Crippen LogP contribution in [-0.4, -0.2) is 37.1 Å². The molecule has 0 aliphatic rings. The molecule has 0 saturated heterocycles. The molecule has 120 valence electrons. The van der Waals surface area contributed by atoms with Gasteiger partial charge in [0.25, 0.3) is 0 Å². The Kier molecular flexibility index (Phi) is 4.22. The molecular formula is C15H19N7O. The van der Waals surface area contributed by atoms with Crippen molar-refractivity contribution in [2.24, 2.45) is 7.05 Å². The molecule has 0 unspecified atom stereocenters. The van der Waals surface area contributed by atoms with Crippen molar-refractivity contribution >= 4 is 22.6 Å². The van der Waals surface area contributed by atoms with E-state index in [9.17, 15) is 4.79 Å². The van der Waals surface area contributed by atoms with Crippen LogP contribution in [0.1, 0.15) is 12.7 Å². The lowest BCUT2D eigenvalue weighted by Gasteiger charge is -2.08. The molecule has 3 rings (SSSR count). The van der Waals surface area contributed by atoms with Gasteiger partial charge in [-0.2, -0.15) is 5.10 Å². The van der Waals surface area contributed by atoms with Gasteiger partial charge in [-0.1, -0.05) is 0 Å². The van der Waals surface area contributed by atoms with Crippen LogP contribution in [0.3, 0.4) is 0 Å². The van der Waals surface area contributed by atoms with E-state index in [0.29, 0.717) is 13.0 Å². The van der Waals surface area contributed by atoms with E-state index >= 15 is 0 Å². The van der Waals surface area contributed by atoms with Crippen molar-refractivity contribution in [3.8, 4) is 0 Å². The number of rotatable bonds is 5. The molecule has 0 aliphatic carbocycles. The summed E-state index contributed by atoms with van der Waals surface area (Å²) in [7, 11) is 1.87. The van der Waals surface area contributed by atoms with Crippen LogP contribution in [-0.2, 0) is 20.0 Å². The van der Waals surface area contributed by atoms with Crippen LogP contribution in [0.4, 0.5) is 10.5 Å². The minimum absolute atomic E-state index is 0.242. The Labute approximate surface area is 133 Å². The molecular weight excluding hydrogens is 294 g/mol. The van der Waals surface area contributed by atoms with Gasteiger partial charge in [0.1, 0.15) is 12.2 Å². The van der Waals surface area contributed by atoms with Crippen molar-refractivity contribution in [3.05, 3.63) is 36.5 Å². The Hall–Kier alpha value is -2.90. The van der Waals surface area contributed by atoms with Crippen molar-refractivity contribution in [1.82, 2.24) is 29.9 Å². The second-order valence-corrected chi connectivity index (χ2v) is 5.21. The number of nitrogens with zero attached hydrogens (tertiary/aromatic N) is 5. The summed E-state index contributed by atoms with van der Waals surface area (Å²) in [5.41, 5.74) is 1.70. The fourth-order valence-electron chi connectivity index (χ4n) is 2.42. The molecule has 0 saturated carbocycles. The van der Waals surface area contributed by atoms with E-state index in [-0.39, 0.29) is 6.03 Å². The van der Waals surface area contributed by atoms with Crippen LogP contribution in [0.25, 0.3) is 10.9 Å². The maximum atomic E-state index is 12.0. The maximum Gasteiger partial charge on any atom is 0.319 e. The lowest BCUT2D eigenvalue weighted by molar-refractivity contribution is 0.252. The summed E-state index contributed by atoms with van der Waals surface area (Å²) >= 11 is 0. The predicted molar refractivity (Wildman–Crippen MR) is 87.1 cm³/mol. The van der Waals surface area contributed by atoms with E-state index < -0.39 is 0 Å². The van der Waals surface area contributed by atoms with Gasteiger partial charge in [-0.25, -0.2) is 4.79 Å². The van der Waals surface area contributed by atoms with Crippen LogP contribution in [0.2, 0.25) is 0 Å². The molecule has 0 radical (unpaired) electrons. The number of fused-ring (bicyclic) bond motifs is 1. The minimum Gasteiger partial charge on any atom is -0.337 e. The zero-order valence-electron chi connectivity index (χ0n) is 13.2. The number of aromatic nitrogens is 5. The SMILES string of the molecule is CCn1cnnc1CCNC(=O)Nc1ccc2cnn(C)c2c1. The van der Waals surface area contributed by atoms with Crippen LogP contribution >= 0.6 is 0 Å². The minimum atomic E-state index is -0.242. The van der Waals surface area contributed by atoms with E-state index in [1.165, 1.54) is 0 Å². The summed E-state index contributed by atoms with van der Waals surface area (Å²) in [5.74, 6) is 0.865. The maximum absolute atomic E-state index is 12.0. The highest BCUT2D eigenvalue weighted by Gasteiger charge is 2.06. The van der Waals surface area contributed by atoms with Crippen LogP contribution in [0, 0.1) is 0 Å². The fourth-order valence-corrected chi connectivity index (χ4v) is 2.42. The van der Waals surface area contributed by atoms with Gasteiger partial charge in [0.05, 0.1) is 11.7 Å². The topological polar surface area (TPSA) is 89.7 Å². The molecule has 0 fully saturated rings. The molecule has 23 heavy (non-hydrogen) atoms. The first kappa shape index (κ1) is 15.0. The standard InChI is InChI=1S/C15H19N7O/c1-3-22-10-17-20-14(22)6-7-16-15(23)19-12-5-4-11-9-18-21(2)13(11)8-12/h4-5,8-10H,3,6-7H2,1-2H3,(H2,16,19,23). The van der Waals surface area contributed by atoms with E-state index in [1.54, 1.807) is 17.2 Å². The number of nitrogens with one attached hydrogen (secondary N) is 2. The van der Waals surface area contributed by atoms with Gasteiger partial charge in [-0.3, -0.25) is 4.68 Å². The Morgan fingerprint density at radius 1 is 1.35 bits per heavy atom. The molecule has 0 atom stereocenters. The summed E-state index contributed by atoms with van der Waals surface area (Å²) < 4.78 is 3.73. The molecule has 2 aromatic heterocycles. The molecule has 8 nitrogen and oxygen atoms in total. The number of carbonyl (C=O) groups is 1. The third kappa shape index (κ3) is 3.31. The predicted octanol–water partition coefficient (Wildman–Crippen LogP) is 1.55. The highest BCUT2D eigenvalue weighted by atomic mass is 16.2. The average Bonchev–Trinajstić information content (AvgIpc) is 3.14. The van der Waals surface area contributed by atoms with Gasteiger partial charge in [0.15, 0.2) is 0 Å². The van der Waals surface area contributed by atoms with Crippen LogP contribution < -0.4 is 10.6 Å². The number of benzene rings is 1. The molecule has 3 aromatic rings. The molecule has 0 aliphatic heterocycles. The summed E-state index contributed by atoms with van der Waals surface area (Å²) in [6.45, 7) is 3.35. The Bertz CT molecular complexity index is 820. The molecule has 0 bridgehead atoms. The van der Waals surface area contributed by atoms with Crippen LogP contribution in [0.15, 0.2) is 30.7 Å². The molecule has 2 N–H and O–H groups in total. The average molecular weight is 313 g/mol. The van der Waals surface area contributed by atoms with Crippen molar-refractivity contribution in [2.75, 3.05) is 11.9 Å². The number of carbonyl (C=O) groups excluding carboxylic acids is 1. The van der Waals surface area contributed by atoms with Crippen LogP contribution in [0.5, 0.6) is 0 Å². The smallest absolute Gasteiger partial charge is 0.319 e. The van der Waals surface area contributed by atoms with Gasteiger partial charge in [0.2, 0.25) is 0 Å². The van der Waals surface area contributed by atoms with Gasteiger partial charge in [0, 0.05) is 37.6 Å². The number of aryl methyl sites for hydroxylation is 2. The van der Waals surface area contributed by atoms with Crippen molar-refractivity contribution < 1.29 is 4.79 Å². The number of hydrogen-bond acceptors (Lipinski definition) is 4. The Balaban J connectivity index is 1.55. The quantitative estimate of drug-likeness (QED) is 0.748. The molecule has 2 heterocycles. The zero-order valence-corrected chi connectivity index (χ0v) is 13.2. The lowest BCUT2D eigenvalue weighted by atomic mass is 10.2. The normalized spacial score (nSPS) is 10.9. The second kappa shape index (κ2) is 6.47. The van der Waals surface area contributed by atoms with E-state index in [2.05, 4.69) is 25.9 Å². The largest absolute Gasteiger partial charge is 0.337 e. The van der Waals surface area contributed by atoms with Gasteiger partial charge >= 0.3 is 6.03 Å². The number of anilines is 1. The monoisotopic (exact) mass is 313 g/mol. The Morgan fingerprint density at radius 2 is 2.22 bits per heavy atom. The summed E-state index contributed by atoms with van der Waals surface area (Å²) in [6.07, 6.45) is 4.13. The third-order valence-electron chi connectivity index (χ3n) is 3.68. The number of urea groups is 1. The van der Waals surface area contributed by atoms with Gasteiger partial charge < -0.3 is 15.2 Å². The summed E-state index contributed by atoms with van der Waals surface area (Å²) in [6, 6.07) is 5.45. The summed E-state index contributed by atoms with van der Waals surface area (Å²) in [5, 5.41) is 18.8. The van der Waals surface area contributed by atoms with E-state index in [4.69, 9.17) is 0 Å². The number of amides is 2. The van der Waals surface area contributed by atoms with E-state index in [1.807, 2.05) is 36.7 Å². The zero-order chi connectivity index (χ0) is 16.2. The van der Waals surface area contributed by atoms with Crippen molar-refractivity contribution in [3.63, 3.8) is 0 Å². The van der Waals surface area contributed by atoms with Crippen molar-refractivity contribution in [2.45, 2.75) is 19.9 Å². The lowest BCUT2D eigenvalue weighted by Crippen LogP contribution is -2.30. The molecule has 8 heteroatoms. The number of hydrogen-bond donors (Lipinski definition) is 2. The second-order valence-electron chi connectivity index (χ2n) is 5.21. The third-order valence-corrected chi connectivity index (χ3v) is 3.68. The summed E-state index contributed by atoms with van der Waals surface area (Å²) in [4.78, 5) is 12.0. The molecule has 2 amide bonds. The first-order valence-electron chi connectivity index (χ1n) is 7.50.